The van der Waals surface area contributed by atoms with Crippen LogP contribution in [0.1, 0.15) is 35.0 Å². The van der Waals surface area contributed by atoms with Gasteiger partial charge in [0, 0.05) is 35.7 Å². The zero-order chi connectivity index (χ0) is 26.8. The fourth-order valence-electron chi connectivity index (χ4n) is 3.68. The molecular weight excluding hydrogens is 488 g/mol. The maximum absolute atomic E-state index is 14.2. The normalized spacial score (nSPS) is 12.4. The van der Waals surface area contributed by atoms with Crippen molar-refractivity contribution in [3.8, 4) is 11.5 Å². The second-order valence-electron chi connectivity index (χ2n) is 8.14. The van der Waals surface area contributed by atoms with Crippen LogP contribution < -0.4 is 10.1 Å². The number of carboxylic acids is 1. The number of hydrogen-bond donors (Lipinski definition) is 3. The molecule has 0 aliphatic rings. The van der Waals surface area contributed by atoms with Crippen LogP contribution in [0.3, 0.4) is 0 Å². The highest BCUT2D eigenvalue weighted by molar-refractivity contribution is 6.04. The highest BCUT2D eigenvalue weighted by atomic mass is 19.4. The number of carbonyl (C=O) groups is 3. The molecular formula is C24H22F4N2O6. The number of aromatic nitrogens is 1. The Morgan fingerprint density at radius 3 is 2.36 bits per heavy atom. The van der Waals surface area contributed by atoms with E-state index in [2.05, 4.69) is 10.1 Å². The summed E-state index contributed by atoms with van der Waals surface area (Å²) in [7, 11) is 0. The lowest BCUT2D eigenvalue weighted by Crippen LogP contribution is -2.31. The van der Waals surface area contributed by atoms with Gasteiger partial charge in [0.15, 0.2) is 11.6 Å². The summed E-state index contributed by atoms with van der Waals surface area (Å²) in [6.45, 7) is 2.91. The maximum Gasteiger partial charge on any atom is 0.573 e. The molecule has 0 aliphatic carbocycles. The Bertz CT molecular complexity index is 1320. The van der Waals surface area contributed by atoms with Crippen molar-refractivity contribution in [1.82, 2.24) is 9.88 Å². The first-order chi connectivity index (χ1) is 16.8. The predicted molar refractivity (Wildman–Crippen MR) is 119 cm³/mol. The third kappa shape index (κ3) is 5.93. The van der Waals surface area contributed by atoms with Crippen LogP contribution in [0.5, 0.6) is 11.5 Å². The number of carboxylic acid groups (broad SMARTS) is 1. The maximum atomic E-state index is 14.2. The molecule has 1 heterocycles. The number of nitrogens with one attached hydrogen (secondary N) is 1. The smallest absolute Gasteiger partial charge is 0.505 e. The van der Waals surface area contributed by atoms with Crippen LogP contribution in [0.15, 0.2) is 36.4 Å². The van der Waals surface area contributed by atoms with E-state index in [0.717, 1.165) is 41.0 Å². The second kappa shape index (κ2) is 10.3. The van der Waals surface area contributed by atoms with E-state index in [9.17, 15) is 37.1 Å². The largest absolute Gasteiger partial charge is 0.573 e. The van der Waals surface area contributed by atoms with Crippen LogP contribution in [0.25, 0.3) is 10.9 Å². The quantitative estimate of drug-likeness (QED) is 0.392. The van der Waals surface area contributed by atoms with Gasteiger partial charge in [0.05, 0.1) is 11.4 Å². The lowest BCUT2D eigenvalue weighted by Gasteiger charge is -2.11. The lowest BCUT2D eigenvalue weighted by atomic mass is 10.0. The average Bonchev–Trinajstić information content (AvgIpc) is 3.05. The van der Waals surface area contributed by atoms with Gasteiger partial charge < -0.3 is 20.3 Å². The van der Waals surface area contributed by atoms with Gasteiger partial charge >= 0.3 is 12.3 Å². The number of aryl methyl sites for hydroxylation is 1. The number of fused-ring (bicyclic) bond motifs is 1. The minimum Gasteiger partial charge on any atom is -0.505 e. The number of aliphatic carboxylic acids is 1. The van der Waals surface area contributed by atoms with Crippen LogP contribution in [0.4, 0.5) is 17.6 Å². The molecule has 3 rings (SSSR count). The molecule has 2 aromatic carbocycles. The van der Waals surface area contributed by atoms with Crippen LogP contribution >= 0.6 is 0 Å². The molecule has 0 aliphatic heterocycles. The van der Waals surface area contributed by atoms with Gasteiger partial charge in [-0.1, -0.05) is 6.92 Å². The van der Waals surface area contributed by atoms with E-state index in [-0.39, 0.29) is 30.5 Å². The number of aromatic hydroxyl groups is 1. The number of ether oxygens (including phenoxy) is 1. The standard InChI is InChI=1S/C24H22F4N2O6/c1-12(23(34)35)11-29-21(32)8-7-16-13(2)30(19-10-18(25)20(31)9-17(16)19)22(33)14-3-5-15(6-4-14)36-24(26,27)28/h3-6,9-10,12,31H,7-8,11H2,1-2H3,(H,29,32)(H,34,35)/t12-/m0/s1. The number of carbonyl (C=O) groups excluding carboxylic acids is 2. The van der Waals surface area contributed by atoms with Gasteiger partial charge in [-0.3, -0.25) is 19.0 Å². The zero-order valence-corrected chi connectivity index (χ0v) is 19.1. The first-order valence-electron chi connectivity index (χ1n) is 10.7. The molecule has 3 aromatic rings. The van der Waals surface area contributed by atoms with Crippen molar-refractivity contribution < 1.29 is 46.9 Å². The first-order valence-corrected chi connectivity index (χ1v) is 10.7. The van der Waals surface area contributed by atoms with E-state index in [1.54, 1.807) is 6.92 Å². The van der Waals surface area contributed by atoms with E-state index in [4.69, 9.17) is 5.11 Å². The Labute approximate surface area is 202 Å². The molecule has 0 bridgehead atoms. The number of hydrogen-bond acceptors (Lipinski definition) is 5. The SMILES string of the molecule is Cc1c(CCC(=O)NC[C@H](C)C(=O)O)c2cc(O)c(F)cc2n1C(=O)c1ccc(OC(F)(F)F)cc1. The number of rotatable bonds is 8. The van der Waals surface area contributed by atoms with E-state index >= 15 is 0 Å². The van der Waals surface area contributed by atoms with Crippen LogP contribution in [0, 0.1) is 18.7 Å². The summed E-state index contributed by atoms with van der Waals surface area (Å²) in [6, 6.07) is 6.27. The topological polar surface area (TPSA) is 118 Å². The first kappa shape index (κ1) is 26.5. The van der Waals surface area contributed by atoms with Crippen LogP contribution in [-0.4, -0.2) is 45.5 Å². The fraction of sp³-hybridized carbons (Fsp3) is 0.292. The van der Waals surface area contributed by atoms with Gasteiger partial charge in [-0.2, -0.15) is 0 Å². The van der Waals surface area contributed by atoms with Crippen LogP contribution in [0.2, 0.25) is 0 Å². The third-order valence-corrected chi connectivity index (χ3v) is 5.57. The average molecular weight is 510 g/mol. The highest BCUT2D eigenvalue weighted by Gasteiger charge is 2.31. The molecule has 1 atom stereocenters. The number of phenolic OH excluding ortho intramolecular Hbond substituents is 1. The van der Waals surface area contributed by atoms with E-state index in [1.807, 2.05) is 0 Å². The molecule has 8 nitrogen and oxygen atoms in total. The molecule has 3 N–H and O–H groups in total. The highest BCUT2D eigenvalue weighted by Crippen LogP contribution is 2.33. The van der Waals surface area contributed by atoms with Gasteiger partial charge in [0.2, 0.25) is 5.91 Å². The Morgan fingerprint density at radius 1 is 1.14 bits per heavy atom. The minimum absolute atomic E-state index is 0.00930. The Morgan fingerprint density at radius 2 is 1.78 bits per heavy atom. The second-order valence-corrected chi connectivity index (χ2v) is 8.14. The number of alkyl halides is 3. The van der Waals surface area contributed by atoms with E-state index in [1.165, 1.54) is 6.92 Å². The molecule has 0 fully saturated rings. The molecule has 36 heavy (non-hydrogen) atoms. The molecule has 0 radical (unpaired) electrons. The Kier molecular flexibility index (Phi) is 7.56. The Balaban J connectivity index is 1.92. The fourth-order valence-corrected chi connectivity index (χ4v) is 3.68. The van der Waals surface area contributed by atoms with Crippen LogP contribution in [-0.2, 0) is 16.0 Å². The number of halogens is 4. The van der Waals surface area contributed by atoms with Crippen molar-refractivity contribution in [3.05, 3.63) is 59.0 Å². The molecule has 192 valence electrons. The molecule has 0 spiro atoms. The summed E-state index contributed by atoms with van der Waals surface area (Å²) >= 11 is 0. The summed E-state index contributed by atoms with van der Waals surface area (Å²) in [6.07, 6.45) is -4.90. The van der Waals surface area contributed by atoms with Crippen molar-refractivity contribution >= 4 is 28.7 Å². The summed E-state index contributed by atoms with van der Waals surface area (Å²) in [5.74, 6) is -5.15. The monoisotopic (exact) mass is 510 g/mol. The molecule has 0 saturated carbocycles. The summed E-state index contributed by atoms with van der Waals surface area (Å²) < 4.78 is 56.4. The molecule has 1 amide bonds. The number of nitrogens with zero attached hydrogens (tertiary/aromatic N) is 1. The molecule has 0 unspecified atom stereocenters. The van der Waals surface area contributed by atoms with Crippen molar-refractivity contribution in [2.75, 3.05) is 6.54 Å². The van der Waals surface area contributed by atoms with E-state index < -0.39 is 47.4 Å². The number of amides is 1. The van der Waals surface area contributed by atoms with Gasteiger partial charge in [-0.05, 0) is 49.2 Å². The van der Waals surface area contributed by atoms with Crippen molar-refractivity contribution in [2.45, 2.75) is 33.1 Å². The van der Waals surface area contributed by atoms with Crippen molar-refractivity contribution in [3.63, 3.8) is 0 Å². The number of phenols is 1. The summed E-state index contributed by atoms with van der Waals surface area (Å²) in [5.41, 5.74) is 0.887. The Hall–Kier alpha value is -4.09. The van der Waals surface area contributed by atoms with Gasteiger partial charge in [0.1, 0.15) is 5.75 Å². The summed E-state index contributed by atoms with van der Waals surface area (Å²) in [5, 5.41) is 21.6. The number of benzene rings is 2. The van der Waals surface area contributed by atoms with Gasteiger partial charge in [0.25, 0.3) is 5.91 Å². The molecule has 1 aromatic heterocycles. The third-order valence-electron chi connectivity index (χ3n) is 5.57. The zero-order valence-electron chi connectivity index (χ0n) is 19.1. The van der Waals surface area contributed by atoms with Crippen molar-refractivity contribution in [1.29, 1.82) is 0 Å². The molecule has 12 heteroatoms. The van der Waals surface area contributed by atoms with Gasteiger partial charge in [-0.15, -0.1) is 13.2 Å². The minimum atomic E-state index is -4.90. The van der Waals surface area contributed by atoms with Gasteiger partial charge in [-0.25, -0.2) is 4.39 Å². The summed E-state index contributed by atoms with van der Waals surface area (Å²) in [4.78, 5) is 36.4. The van der Waals surface area contributed by atoms with E-state index in [0.29, 0.717) is 16.6 Å². The van der Waals surface area contributed by atoms with Crippen molar-refractivity contribution in [2.24, 2.45) is 5.92 Å². The molecule has 0 saturated heterocycles. The lowest BCUT2D eigenvalue weighted by molar-refractivity contribution is -0.274. The predicted octanol–water partition coefficient (Wildman–Crippen LogP) is 4.15.